The van der Waals surface area contributed by atoms with Gasteiger partial charge in [0.05, 0.1) is 11.1 Å². The van der Waals surface area contributed by atoms with Crippen LogP contribution < -0.4 is 0 Å². The Balaban J connectivity index is 1.86. The van der Waals surface area contributed by atoms with E-state index in [0.717, 1.165) is 18.2 Å². The van der Waals surface area contributed by atoms with E-state index in [9.17, 15) is 19.8 Å². The van der Waals surface area contributed by atoms with Gasteiger partial charge in [0.2, 0.25) is 6.79 Å². The van der Waals surface area contributed by atoms with Gasteiger partial charge in [0, 0.05) is 0 Å². The van der Waals surface area contributed by atoms with E-state index in [1.54, 1.807) is 0 Å². The molecule has 0 atom stereocenters. The largest absolute Gasteiger partial charge is 0.508 e. The molecule has 0 aliphatic carbocycles. The zero-order valence-electron chi connectivity index (χ0n) is 13.8. The van der Waals surface area contributed by atoms with E-state index in [0.29, 0.717) is 11.1 Å². The van der Waals surface area contributed by atoms with Crippen LogP contribution in [-0.4, -0.2) is 39.3 Å². The fourth-order valence-electron chi connectivity index (χ4n) is 2.14. The van der Waals surface area contributed by atoms with Crippen molar-refractivity contribution in [2.24, 2.45) is 0 Å². The molecule has 10 nitrogen and oxygen atoms in total. The average Bonchev–Trinajstić information content (AvgIpc) is 2.63. The summed E-state index contributed by atoms with van der Waals surface area (Å²) in [5.74, 6) is -2.71. The fraction of sp³-hybridized carbons (Fsp3) is 0.176. The normalized spacial score (nSPS) is 10.6. The van der Waals surface area contributed by atoms with E-state index in [2.05, 4.69) is 4.89 Å². The van der Waals surface area contributed by atoms with Crippen molar-refractivity contribution in [3.63, 3.8) is 0 Å². The number of benzene rings is 2. The predicted octanol–water partition coefficient (Wildman–Crippen LogP) is 2.05. The minimum Gasteiger partial charge on any atom is -0.508 e. The summed E-state index contributed by atoms with van der Waals surface area (Å²) >= 11 is 0. The van der Waals surface area contributed by atoms with Crippen LogP contribution in [0, 0.1) is 0 Å². The Bertz CT molecular complexity index is 817. The molecule has 0 aliphatic rings. The average molecular weight is 380 g/mol. The molecule has 2 aromatic rings. The SMILES string of the molecule is O=C(O)c1cc(O)ccc1C(=O)OCOOCc1ccc(O)cc1COO. The van der Waals surface area contributed by atoms with Crippen LogP contribution in [0.4, 0.5) is 0 Å². The van der Waals surface area contributed by atoms with Crippen molar-refractivity contribution < 1.29 is 49.6 Å². The third kappa shape index (κ3) is 5.66. The maximum atomic E-state index is 11.9. The van der Waals surface area contributed by atoms with E-state index in [1.807, 2.05) is 0 Å². The highest BCUT2D eigenvalue weighted by atomic mass is 17.2. The van der Waals surface area contributed by atoms with Gasteiger partial charge in [0.1, 0.15) is 24.7 Å². The van der Waals surface area contributed by atoms with Crippen molar-refractivity contribution in [3.05, 3.63) is 58.7 Å². The Morgan fingerprint density at radius 3 is 2.26 bits per heavy atom. The van der Waals surface area contributed by atoms with Gasteiger partial charge >= 0.3 is 11.9 Å². The number of aromatic carboxylic acids is 1. The van der Waals surface area contributed by atoms with Crippen LogP contribution in [0.1, 0.15) is 31.8 Å². The number of carbonyl (C=O) groups excluding carboxylic acids is 1. The molecule has 2 rings (SSSR count). The van der Waals surface area contributed by atoms with E-state index in [-0.39, 0.29) is 30.3 Å². The second kappa shape index (κ2) is 9.50. The first-order chi connectivity index (χ1) is 12.9. The van der Waals surface area contributed by atoms with Crippen molar-refractivity contribution in [1.82, 2.24) is 0 Å². The first kappa shape index (κ1) is 20.1. The van der Waals surface area contributed by atoms with Crippen molar-refractivity contribution >= 4 is 11.9 Å². The summed E-state index contributed by atoms with van der Waals surface area (Å²) in [6.07, 6.45) is 0. The Morgan fingerprint density at radius 1 is 0.852 bits per heavy atom. The number of aromatic hydroxyl groups is 2. The zero-order valence-corrected chi connectivity index (χ0v) is 13.8. The molecule has 0 amide bonds. The van der Waals surface area contributed by atoms with Crippen LogP contribution in [0.5, 0.6) is 11.5 Å². The quantitative estimate of drug-likeness (QED) is 0.167. The van der Waals surface area contributed by atoms with Gasteiger partial charge in [-0.15, -0.1) is 0 Å². The van der Waals surface area contributed by atoms with Crippen LogP contribution in [0.3, 0.4) is 0 Å². The van der Waals surface area contributed by atoms with Gasteiger partial charge in [-0.1, -0.05) is 6.07 Å². The van der Waals surface area contributed by atoms with E-state index >= 15 is 0 Å². The van der Waals surface area contributed by atoms with Crippen LogP contribution in [0.2, 0.25) is 0 Å². The van der Waals surface area contributed by atoms with Gasteiger partial charge in [0.25, 0.3) is 0 Å². The highest BCUT2D eigenvalue weighted by Gasteiger charge is 2.18. The lowest BCUT2D eigenvalue weighted by Crippen LogP contribution is -2.13. The molecule has 0 unspecified atom stereocenters. The van der Waals surface area contributed by atoms with Crippen LogP contribution in [-0.2, 0) is 32.6 Å². The number of carboxylic acids is 1. The second-order valence-corrected chi connectivity index (χ2v) is 5.19. The maximum Gasteiger partial charge on any atom is 0.341 e. The van der Waals surface area contributed by atoms with Gasteiger partial charge in [-0.2, -0.15) is 4.89 Å². The van der Waals surface area contributed by atoms with E-state index in [1.165, 1.54) is 18.2 Å². The number of esters is 1. The Morgan fingerprint density at radius 2 is 1.56 bits per heavy atom. The van der Waals surface area contributed by atoms with Crippen LogP contribution in [0.25, 0.3) is 0 Å². The number of carbonyl (C=O) groups is 2. The highest BCUT2D eigenvalue weighted by molar-refractivity contribution is 6.02. The zero-order chi connectivity index (χ0) is 19.8. The first-order valence-corrected chi connectivity index (χ1v) is 7.47. The van der Waals surface area contributed by atoms with Gasteiger partial charge < -0.3 is 20.1 Å². The van der Waals surface area contributed by atoms with Crippen molar-refractivity contribution in [1.29, 1.82) is 0 Å². The topological polar surface area (TPSA) is 152 Å². The summed E-state index contributed by atoms with van der Waals surface area (Å²) in [4.78, 5) is 36.6. The molecule has 27 heavy (non-hydrogen) atoms. The van der Waals surface area contributed by atoms with Crippen LogP contribution >= 0.6 is 0 Å². The number of carboxylic acid groups (broad SMARTS) is 1. The summed E-state index contributed by atoms with van der Waals surface area (Å²) in [6, 6.07) is 7.47. The molecule has 10 heteroatoms. The number of rotatable bonds is 9. The smallest absolute Gasteiger partial charge is 0.341 e. The van der Waals surface area contributed by atoms with Crippen molar-refractivity contribution in [2.45, 2.75) is 13.2 Å². The molecule has 0 saturated heterocycles. The minimum absolute atomic E-state index is 0.0243. The van der Waals surface area contributed by atoms with Crippen molar-refractivity contribution in [3.8, 4) is 11.5 Å². The Labute approximate surface area is 152 Å². The lowest BCUT2D eigenvalue weighted by atomic mass is 10.1. The number of hydrogen-bond donors (Lipinski definition) is 4. The molecule has 2 aromatic carbocycles. The lowest BCUT2D eigenvalue weighted by molar-refractivity contribution is -0.335. The number of ether oxygens (including phenoxy) is 1. The molecule has 0 aromatic heterocycles. The van der Waals surface area contributed by atoms with Gasteiger partial charge in [-0.05, 0) is 41.5 Å². The summed E-state index contributed by atoms with van der Waals surface area (Å²) in [6.45, 7) is -0.903. The Hall–Kier alpha value is -3.18. The molecule has 4 N–H and O–H groups in total. The summed E-state index contributed by atoms with van der Waals surface area (Å²) in [5.41, 5.74) is 0.316. The van der Waals surface area contributed by atoms with E-state index in [4.69, 9.17) is 24.9 Å². The summed E-state index contributed by atoms with van der Waals surface area (Å²) < 4.78 is 4.76. The molecule has 0 aliphatic heterocycles. The standard InChI is InChI=1S/C17H16O10/c18-12-2-1-10(11(5-12)7-25-23)8-26-27-9-24-17(22)14-4-3-13(19)6-15(14)16(20)21/h1-6,18-19,23H,7-9H2,(H,20,21). The molecular formula is C17H16O10. The number of phenols is 2. The van der Waals surface area contributed by atoms with Crippen LogP contribution in [0.15, 0.2) is 36.4 Å². The predicted molar refractivity (Wildman–Crippen MR) is 86.7 cm³/mol. The summed E-state index contributed by atoms with van der Waals surface area (Å²) in [5, 5.41) is 36.3. The molecule has 0 heterocycles. The maximum absolute atomic E-state index is 11.9. The number of hydrogen-bond acceptors (Lipinski definition) is 9. The molecular weight excluding hydrogens is 364 g/mol. The molecule has 0 bridgehead atoms. The lowest BCUT2D eigenvalue weighted by Gasteiger charge is -2.10. The third-order valence-electron chi connectivity index (χ3n) is 3.40. The molecule has 0 radical (unpaired) electrons. The van der Waals surface area contributed by atoms with E-state index < -0.39 is 24.3 Å². The second-order valence-electron chi connectivity index (χ2n) is 5.19. The third-order valence-corrected chi connectivity index (χ3v) is 3.40. The minimum atomic E-state index is -1.40. The number of phenolic OH excluding ortho intramolecular Hbond substituents is 2. The van der Waals surface area contributed by atoms with Gasteiger partial charge in [-0.3, -0.25) is 5.26 Å². The fourth-order valence-corrected chi connectivity index (χ4v) is 2.14. The van der Waals surface area contributed by atoms with Gasteiger partial charge in [-0.25, -0.2) is 19.4 Å². The summed E-state index contributed by atoms with van der Waals surface area (Å²) in [7, 11) is 0. The highest BCUT2D eigenvalue weighted by Crippen LogP contribution is 2.19. The first-order valence-electron chi connectivity index (χ1n) is 7.47. The molecule has 144 valence electrons. The monoisotopic (exact) mass is 380 g/mol. The molecule has 0 spiro atoms. The molecule has 0 saturated carbocycles. The Kier molecular flexibility index (Phi) is 7.08. The van der Waals surface area contributed by atoms with Crippen molar-refractivity contribution in [2.75, 3.05) is 6.79 Å². The van der Waals surface area contributed by atoms with Gasteiger partial charge in [0.15, 0.2) is 0 Å². The molecule has 0 fully saturated rings.